The van der Waals surface area contributed by atoms with E-state index in [-0.39, 0.29) is 17.2 Å². The minimum atomic E-state index is 0.0138. The Morgan fingerprint density at radius 1 is 1.31 bits per heavy atom. The van der Waals surface area contributed by atoms with E-state index in [2.05, 4.69) is 15.0 Å². The van der Waals surface area contributed by atoms with Gasteiger partial charge in [-0.2, -0.15) is 15.0 Å². The number of rotatable bonds is 4. The molecular weight excluding hydrogens is 196 g/mol. The number of hydrogen-bond donors (Lipinski definition) is 1. The van der Waals surface area contributed by atoms with E-state index in [1.54, 1.807) is 7.11 Å². The SMILES string of the molecule is COCCOc1nc(N)nc(Cl)n1. The quantitative estimate of drug-likeness (QED) is 0.702. The molecule has 0 amide bonds. The molecule has 0 aliphatic heterocycles. The second kappa shape index (κ2) is 4.78. The molecule has 0 unspecified atom stereocenters. The van der Waals surface area contributed by atoms with Crippen LogP contribution in [-0.4, -0.2) is 35.3 Å². The van der Waals surface area contributed by atoms with Gasteiger partial charge in [0, 0.05) is 7.11 Å². The number of halogens is 1. The molecule has 0 fully saturated rings. The normalized spacial score (nSPS) is 10.0. The molecule has 72 valence electrons. The standard InChI is InChI=1S/C6H9ClN4O2/c1-12-2-3-13-6-10-4(7)9-5(8)11-6/h2-3H2,1H3,(H2,8,9,10,11). The van der Waals surface area contributed by atoms with Crippen LogP contribution < -0.4 is 10.5 Å². The Hall–Kier alpha value is -1.14. The van der Waals surface area contributed by atoms with Crippen LogP contribution in [0.1, 0.15) is 0 Å². The van der Waals surface area contributed by atoms with E-state index in [1.165, 1.54) is 0 Å². The highest BCUT2D eigenvalue weighted by molar-refractivity contribution is 6.28. The molecule has 13 heavy (non-hydrogen) atoms. The second-order valence-corrected chi connectivity index (χ2v) is 2.42. The van der Waals surface area contributed by atoms with E-state index in [1.807, 2.05) is 0 Å². The summed E-state index contributed by atoms with van der Waals surface area (Å²) in [6, 6.07) is 0.106. The summed E-state index contributed by atoms with van der Waals surface area (Å²) in [6.45, 7) is 0.791. The topological polar surface area (TPSA) is 83.2 Å². The number of ether oxygens (including phenoxy) is 2. The summed E-state index contributed by atoms with van der Waals surface area (Å²) in [5.41, 5.74) is 5.31. The van der Waals surface area contributed by atoms with Gasteiger partial charge in [0.05, 0.1) is 6.61 Å². The lowest BCUT2D eigenvalue weighted by atomic mass is 10.8. The van der Waals surface area contributed by atoms with Gasteiger partial charge in [0.15, 0.2) is 0 Å². The first-order valence-corrected chi connectivity index (χ1v) is 3.89. The summed E-state index contributed by atoms with van der Waals surface area (Å²) in [5.74, 6) is 0.0346. The predicted molar refractivity (Wildman–Crippen MR) is 46.6 cm³/mol. The number of nitrogens with two attached hydrogens (primary N) is 1. The highest BCUT2D eigenvalue weighted by Gasteiger charge is 2.02. The average molecular weight is 205 g/mol. The van der Waals surface area contributed by atoms with Crippen molar-refractivity contribution in [3.63, 3.8) is 0 Å². The summed E-state index contributed by atoms with van der Waals surface area (Å²) in [6.07, 6.45) is 0. The van der Waals surface area contributed by atoms with Gasteiger partial charge >= 0.3 is 6.01 Å². The molecule has 1 rings (SSSR count). The summed E-state index contributed by atoms with van der Waals surface area (Å²) >= 11 is 5.51. The maximum absolute atomic E-state index is 5.51. The molecule has 0 saturated carbocycles. The van der Waals surface area contributed by atoms with Crippen molar-refractivity contribution in [3.05, 3.63) is 5.28 Å². The van der Waals surface area contributed by atoms with E-state index >= 15 is 0 Å². The number of hydrogen-bond acceptors (Lipinski definition) is 6. The number of aromatic nitrogens is 3. The fraction of sp³-hybridized carbons (Fsp3) is 0.500. The summed E-state index contributed by atoms with van der Waals surface area (Å²) in [5, 5.41) is 0.0138. The molecule has 0 spiro atoms. The number of nitrogen functional groups attached to an aromatic ring is 1. The highest BCUT2D eigenvalue weighted by atomic mass is 35.5. The van der Waals surface area contributed by atoms with Crippen molar-refractivity contribution in [3.8, 4) is 6.01 Å². The molecular formula is C6H9ClN4O2. The van der Waals surface area contributed by atoms with Crippen LogP contribution in [0, 0.1) is 0 Å². The molecule has 0 saturated heterocycles. The summed E-state index contributed by atoms with van der Waals surface area (Å²) in [4.78, 5) is 11.0. The fourth-order valence-electron chi connectivity index (χ4n) is 0.627. The van der Waals surface area contributed by atoms with Gasteiger partial charge < -0.3 is 15.2 Å². The van der Waals surface area contributed by atoms with Crippen LogP contribution in [0.25, 0.3) is 0 Å². The molecule has 0 aromatic carbocycles. The first-order valence-electron chi connectivity index (χ1n) is 3.51. The summed E-state index contributed by atoms with van der Waals surface area (Å²) in [7, 11) is 1.57. The van der Waals surface area contributed by atoms with Crippen LogP contribution in [-0.2, 0) is 4.74 Å². The van der Waals surface area contributed by atoms with Crippen molar-refractivity contribution < 1.29 is 9.47 Å². The zero-order valence-electron chi connectivity index (χ0n) is 7.03. The van der Waals surface area contributed by atoms with Gasteiger partial charge in [0.2, 0.25) is 11.2 Å². The highest BCUT2D eigenvalue weighted by Crippen LogP contribution is 2.08. The minimum Gasteiger partial charge on any atom is -0.461 e. The van der Waals surface area contributed by atoms with Gasteiger partial charge in [-0.3, -0.25) is 0 Å². The second-order valence-electron chi connectivity index (χ2n) is 2.09. The maximum Gasteiger partial charge on any atom is 0.322 e. The lowest BCUT2D eigenvalue weighted by Gasteiger charge is -2.03. The Morgan fingerprint density at radius 2 is 2.08 bits per heavy atom. The van der Waals surface area contributed by atoms with Gasteiger partial charge in [0.25, 0.3) is 0 Å². The van der Waals surface area contributed by atoms with E-state index < -0.39 is 0 Å². The fourth-order valence-corrected chi connectivity index (χ4v) is 0.786. The van der Waals surface area contributed by atoms with Crippen LogP contribution in [0.3, 0.4) is 0 Å². The molecule has 6 nitrogen and oxygen atoms in total. The van der Waals surface area contributed by atoms with Gasteiger partial charge in [-0.15, -0.1) is 0 Å². The van der Waals surface area contributed by atoms with E-state index in [9.17, 15) is 0 Å². The lowest BCUT2D eigenvalue weighted by Crippen LogP contribution is -2.08. The molecule has 7 heteroatoms. The monoisotopic (exact) mass is 204 g/mol. The first-order chi connectivity index (χ1) is 6.22. The van der Waals surface area contributed by atoms with Crippen molar-refractivity contribution in [1.29, 1.82) is 0 Å². The smallest absolute Gasteiger partial charge is 0.322 e. The van der Waals surface area contributed by atoms with Gasteiger partial charge in [-0.1, -0.05) is 0 Å². The zero-order valence-corrected chi connectivity index (χ0v) is 7.78. The van der Waals surface area contributed by atoms with Gasteiger partial charge in [-0.05, 0) is 11.6 Å². The van der Waals surface area contributed by atoms with Crippen molar-refractivity contribution in [2.24, 2.45) is 0 Å². The van der Waals surface area contributed by atoms with E-state index in [0.717, 1.165) is 0 Å². The molecule has 0 bridgehead atoms. The van der Waals surface area contributed by atoms with Crippen molar-refractivity contribution in [2.45, 2.75) is 0 Å². The Bertz CT molecular complexity index is 263. The molecule has 0 atom stereocenters. The lowest BCUT2D eigenvalue weighted by molar-refractivity contribution is 0.140. The van der Waals surface area contributed by atoms with Crippen LogP contribution >= 0.6 is 11.6 Å². The Balaban J connectivity index is 2.56. The zero-order chi connectivity index (χ0) is 9.68. The molecule has 2 N–H and O–H groups in total. The summed E-state index contributed by atoms with van der Waals surface area (Å²) < 4.78 is 9.82. The van der Waals surface area contributed by atoms with Crippen LogP contribution in [0.2, 0.25) is 5.28 Å². The third-order valence-electron chi connectivity index (χ3n) is 1.12. The van der Waals surface area contributed by atoms with Crippen molar-refractivity contribution in [2.75, 3.05) is 26.1 Å². The third kappa shape index (κ3) is 3.39. The van der Waals surface area contributed by atoms with Gasteiger partial charge in [-0.25, -0.2) is 0 Å². The first kappa shape index (κ1) is 9.94. The number of nitrogens with zero attached hydrogens (tertiary/aromatic N) is 3. The van der Waals surface area contributed by atoms with Crippen LogP contribution in [0.5, 0.6) is 6.01 Å². The van der Waals surface area contributed by atoms with Crippen LogP contribution in [0.4, 0.5) is 5.95 Å². The van der Waals surface area contributed by atoms with Crippen molar-refractivity contribution >= 4 is 17.5 Å². The Morgan fingerprint density at radius 3 is 2.69 bits per heavy atom. The number of methoxy groups -OCH3 is 1. The molecule has 0 radical (unpaired) electrons. The average Bonchev–Trinajstić information content (AvgIpc) is 2.03. The van der Waals surface area contributed by atoms with E-state index in [0.29, 0.717) is 13.2 Å². The van der Waals surface area contributed by atoms with E-state index in [4.69, 9.17) is 26.8 Å². The molecule has 0 aliphatic rings. The minimum absolute atomic E-state index is 0.0138. The predicted octanol–water partition coefficient (Wildman–Crippen LogP) is 0.132. The Kier molecular flexibility index (Phi) is 3.66. The Labute approximate surface area is 80.1 Å². The maximum atomic E-state index is 5.51. The van der Waals surface area contributed by atoms with Gasteiger partial charge in [0.1, 0.15) is 6.61 Å². The largest absolute Gasteiger partial charge is 0.461 e. The van der Waals surface area contributed by atoms with Crippen LogP contribution in [0.15, 0.2) is 0 Å². The molecule has 1 aromatic rings. The van der Waals surface area contributed by atoms with Crippen molar-refractivity contribution in [1.82, 2.24) is 15.0 Å². The molecule has 1 aromatic heterocycles. The number of anilines is 1. The molecule has 0 aliphatic carbocycles. The third-order valence-corrected chi connectivity index (χ3v) is 1.29. The molecule has 1 heterocycles.